The quantitative estimate of drug-likeness (QED) is 0.298. The van der Waals surface area contributed by atoms with Gasteiger partial charge in [0.25, 0.3) is 5.91 Å². The number of hydrogen-bond donors (Lipinski definition) is 1. The predicted molar refractivity (Wildman–Crippen MR) is 151 cm³/mol. The standard InChI is InChI=1S/C31H37F3N2O9/c1-18-27(45-23-6-4-5-7-23)21(14-20-8-10-22(11-9-20)31(32,33)34)15-41-16-24(30(39)44-18)36-29(38)26-28(43-17-42-19(2)37)25(40-3)12-13-35-26/h8-13,18,21,23-24,27H,4-7,14-17H2,1-3H3,(H,36,38)/t18?,21-,24-,27-/m0/s1. The van der Waals surface area contributed by atoms with E-state index in [1.165, 1.54) is 38.4 Å². The number of methoxy groups -OCH3 is 1. The zero-order valence-electron chi connectivity index (χ0n) is 25.3. The van der Waals surface area contributed by atoms with Gasteiger partial charge in [0.05, 0.1) is 38.1 Å². The Labute approximate surface area is 258 Å². The third-order valence-corrected chi connectivity index (χ3v) is 7.64. The van der Waals surface area contributed by atoms with E-state index >= 15 is 0 Å². The molecule has 0 radical (unpaired) electrons. The second kappa shape index (κ2) is 15.4. The fraction of sp³-hybridized carbons (Fsp3) is 0.548. The van der Waals surface area contributed by atoms with E-state index < -0.39 is 54.6 Å². The molecule has 1 unspecified atom stereocenters. The van der Waals surface area contributed by atoms with Gasteiger partial charge in [-0.1, -0.05) is 25.0 Å². The van der Waals surface area contributed by atoms with Crippen LogP contribution in [0.3, 0.4) is 0 Å². The van der Waals surface area contributed by atoms with Gasteiger partial charge >= 0.3 is 18.1 Å². The van der Waals surface area contributed by atoms with E-state index in [1.807, 2.05) is 0 Å². The molecule has 1 saturated carbocycles. The van der Waals surface area contributed by atoms with Crippen LogP contribution in [0.25, 0.3) is 0 Å². The molecule has 0 spiro atoms. The summed E-state index contributed by atoms with van der Waals surface area (Å²) < 4.78 is 73.1. The summed E-state index contributed by atoms with van der Waals surface area (Å²) in [6, 6.07) is 5.11. The van der Waals surface area contributed by atoms with Crippen molar-refractivity contribution in [2.24, 2.45) is 5.92 Å². The largest absolute Gasteiger partial charge is 0.493 e. The van der Waals surface area contributed by atoms with Crippen molar-refractivity contribution in [3.63, 3.8) is 0 Å². The maximum atomic E-state index is 13.3. The van der Waals surface area contributed by atoms with Gasteiger partial charge in [-0.25, -0.2) is 9.78 Å². The molecule has 2 fully saturated rings. The summed E-state index contributed by atoms with van der Waals surface area (Å²) in [6.07, 6.45) is -0.563. The van der Waals surface area contributed by atoms with Crippen LogP contribution < -0.4 is 14.8 Å². The van der Waals surface area contributed by atoms with Crippen LogP contribution in [0.5, 0.6) is 11.5 Å². The number of esters is 2. The SMILES string of the molecule is COc1ccnc(C(=O)N[C@H]2COC[C@H](Cc3ccc(C(F)(F)F)cc3)[C@@H](OC3CCCC3)C(C)OC2=O)c1OCOC(C)=O. The molecular weight excluding hydrogens is 601 g/mol. The van der Waals surface area contributed by atoms with E-state index in [4.69, 9.17) is 28.4 Å². The van der Waals surface area contributed by atoms with Crippen LogP contribution in [-0.4, -0.2) is 74.3 Å². The number of nitrogens with one attached hydrogen (secondary N) is 1. The lowest BCUT2D eigenvalue weighted by atomic mass is 9.91. The van der Waals surface area contributed by atoms with E-state index in [1.54, 1.807) is 6.92 Å². The highest BCUT2D eigenvalue weighted by Gasteiger charge is 2.38. The maximum absolute atomic E-state index is 13.3. The highest BCUT2D eigenvalue weighted by atomic mass is 19.4. The molecule has 4 rings (SSSR count). The number of alkyl halides is 3. The first kappa shape index (κ1) is 34.0. The third kappa shape index (κ3) is 9.30. The normalized spacial score (nSPS) is 22.8. The van der Waals surface area contributed by atoms with Gasteiger partial charge in [-0.15, -0.1) is 0 Å². The van der Waals surface area contributed by atoms with Crippen LogP contribution >= 0.6 is 0 Å². The van der Waals surface area contributed by atoms with Crippen LogP contribution in [0, 0.1) is 5.92 Å². The number of nitrogens with zero attached hydrogens (tertiary/aromatic N) is 1. The summed E-state index contributed by atoms with van der Waals surface area (Å²) in [5.41, 5.74) is -0.337. The minimum absolute atomic E-state index is 0.0490. The number of benzene rings is 1. The Hall–Kier alpha value is -3.91. The summed E-state index contributed by atoms with van der Waals surface area (Å²) >= 11 is 0. The van der Waals surface area contributed by atoms with Crippen LogP contribution in [0.1, 0.15) is 61.1 Å². The molecule has 2 aromatic rings. The van der Waals surface area contributed by atoms with Crippen molar-refractivity contribution < 1.29 is 56.0 Å². The Morgan fingerprint density at radius 2 is 1.80 bits per heavy atom. The number of carbonyl (C=O) groups excluding carboxylic acids is 3. The molecule has 2 aliphatic rings. The Morgan fingerprint density at radius 1 is 1.09 bits per heavy atom. The van der Waals surface area contributed by atoms with Crippen molar-refractivity contribution in [3.05, 3.63) is 53.3 Å². The van der Waals surface area contributed by atoms with E-state index in [2.05, 4.69) is 10.3 Å². The highest BCUT2D eigenvalue weighted by molar-refractivity contribution is 5.98. The zero-order chi connectivity index (χ0) is 32.6. The number of pyridine rings is 1. The molecule has 1 saturated heterocycles. The molecule has 1 aromatic carbocycles. The van der Waals surface area contributed by atoms with Crippen LogP contribution in [-0.2, 0) is 41.1 Å². The lowest BCUT2D eigenvalue weighted by Gasteiger charge is -2.33. The number of hydrogen-bond acceptors (Lipinski definition) is 10. The topological polar surface area (TPSA) is 132 Å². The van der Waals surface area contributed by atoms with Crippen molar-refractivity contribution in [1.82, 2.24) is 10.3 Å². The molecule has 2 heterocycles. The van der Waals surface area contributed by atoms with Crippen molar-refractivity contribution in [3.8, 4) is 11.5 Å². The number of halogens is 3. The van der Waals surface area contributed by atoms with Gasteiger partial charge < -0.3 is 33.7 Å². The number of ether oxygens (including phenoxy) is 6. The van der Waals surface area contributed by atoms with Gasteiger partial charge in [0.15, 0.2) is 23.2 Å². The van der Waals surface area contributed by atoms with Crippen LogP contribution in [0.4, 0.5) is 13.2 Å². The molecule has 1 aromatic heterocycles. The lowest BCUT2D eigenvalue weighted by Crippen LogP contribution is -2.47. The first-order valence-electron chi connectivity index (χ1n) is 14.7. The summed E-state index contributed by atoms with van der Waals surface area (Å²) in [7, 11) is 1.35. The van der Waals surface area contributed by atoms with E-state index in [0.29, 0.717) is 12.0 Å². The minimum atomic E-state index is -4.45. The number of aromatic nitrogens is 1. The second-order valence-electron chi connectivity index (χ2n) is 11.0. The molecule has 1 aliphatic heterocycles. The summed E-state index contributed by atoms with van der Waals surface area (Å²) in [5, 5.41) is 2.57. The monoisotopic (exact) mass is 638 g/mol. The van der Waals surface area contributed by atoms with E-state index in [0.717, 1.165) is 37.8 Å². The molecule has 14 heteroatoms. The molecule has 1 amide bonds. The van der Waals surface area contributed by atoms with Crippen LogP contribution in [0.2, 0.25) is 0 Å². The molecule has 4 atom stereocenters. The number of cyclic esters (lactones) is 1. The smallest absolute Gasteiger partial charge is 0.416 e. The Kier molecular flexibility index (Phi) is 11.6. The highest BCUT2D eigenvalue weighted by Crippen LogP contribution is 2.32. The fourth-order valence-corrected chi connectivity index (χ4v) is 5.38. The molecule has 11 nitrogen and oxygen atoms in total. The summed E-state index contributed by atoms with van der Waals surface area (Å²) in [4.78, 5) is 41.9. The summed E-state index contributed by atoms with van der Waals surface area (Å²) in [6.45, 7) is 2.20. The maximum Gasteiger partial charge on any atom is 0.416 e. The average molecular weight is 639 g/mol. The third-order valence-electron chi connectivity index (χ3n) is 7.64. The van der Waals surface area contributed by atoms with Crippen molar-refractivity contribution >= 4 is 17.8 Å². The lowest BCUT2D eigenvalue weighted by molar-refractivity contribution is -0.164. The predicted octanol–water partition coefficient (Wildman–Crippen LogP) is 4.26. The van der Waals surface area contributed by atoms with Crippen molar-refractivity contribution in [2.75, 3.05) is 27.1 Å². The molecule has 246 valence electrons. The Bertz CT molecular complexity index is 1320. The molecule has 1 N–H and O–H groups in total. The number of amides is 1. The molecule has 0 bridgehead atoms. The van der Waals surface area contributed by atoms with E-state index in [-0.39, 0.29) is 42.4 Å². The van der Waals surface area contributed by atoms with Crippen molar-refractivity contribution in [1.29, 1.82) is 0 Å². The number of carbonyl (C=O) groups is 3. The average Bonchev–Trinajstić information content (AvgIpc) is 3.52. The van der Waals surface area contributed by atoms with Gasteiger partial charge in [-0.05, 0) is 43.9 Å². The Balaban J connectivity index is 1.52. The molecule has 45 heavy (non-hydrogen) atoms. The Morgan fingerprint density at radius 3 is 2.44 bits per heavy atom. The van der Waals surface area contributed by atoms with Gasteiger partial charge in [-0.2, -0.15) is 13.2 Å². The number of rotatable bonds is 10. The van der Waals surface area contributed by atoms with Gasteiger partial charge in [0.1, 0.15) is 6.10 Å². The van der Waals surface area contributed by atoms with Gasteiger partial charge in [0.2, 0.25) is 6.79 Å². The van der Waals surface area contributed by atoms with Crippen LogP contribution in [0.15, 0.2) is 36.5 Å². The minimum Gasteiger partial charge on any atom is -0.493 e. The first-order chi connectivity index (χ1) is 21.5. The van der Waals surface area contributed by atoms with Gasteiger partial charge in [-0.3, -0.25) is 9.59 Å². The zero-order valence-corrected chi connectivity index (χ0v) is 25.3. The van der Waals surface area contributed by atoms with Gasteiger partial charge in [0, 0.05) is 25.1 Å². The van der Waals surface area contributed by atoms with Crippen molar-refractivity contribution in [2.45, 2.75) is 76.5 Å². The molecular formula is C31H37F3N2O9. The second-order valence-corrected chi connectivity index (χ2v) is 11.0. The first-order valence-corrected chi connectivity index (χ1v) is 14.7. The summed E-state index contributed by atoms with van der Waals surface area (Å²) in [5.74, 6) is -2.51. The fourth-order valence-electron chi connectivity index (χ4n) is 5.38. The molecule has 1 aliphatic carbocycles. The van der Waals surface area contributed by atoms with E-state index in [9.17, 15) is 27.6 Å².